The fourth-order valence-electron chi connectivity index (χ4n) is 2.20. The van der Waals surface area contributed by atoms with Gasteiger partial charge in [0, 0.05) is 19.6 Å². The molecule has 0 spiro atoms. The minimum Gasteiger partial charge on any atom is -0.395 e. The van der Waals surface area contributed by atoms with Crippen LogP contribution in [-0.4, -0.2) is 42.3 Å². The van der Waals surface area contributed by atoms with Crippen LogP contribution >= 0.6 is 0 Å². The third kappa shape index (κ3) is 4.70. The third-order valence-electron chi connectivity index (χ3n) is 3.30. The Bertz CT molecular complexity index is 438. The summed E-state index contributed by atoms with van der Waals surface area (Å²) < 4.78 is 0. The van der Waals surface area contributed by atoms with E-state index in [4.69, 9.17) is 5.11 Å². The van der Waals surface area contributed by atoms with Gasteiger partial charge in [-0.15, -0.1) is 6.58 Å². The van der Waals surface area contributed by atoms with E-state index in [9.17, 15) is 4.79 Å². The van der Waals surface area contributed by atoms with Gasteiger partial charge >= 0.3 is 6.03 Å². The summed E-state index contributed by atoms with van der Waals surface area (Å²) in [7, 11) is 0. The van der Waals surface area contributed by atoms with Gasteiger partial charge in [-0.05, 0) is 37.0 Å². The number of amides is 2. The highest BCUT2D eigenvalue weighted by Gasteiger charge is 2.10. The molecular formula is C16H24N2O2. The first kappa shape index (κ1) is 16.2. The Hall–Kier alpha value is -1.81. The molecule has 0 aliphatic rings. The van der Waals surface area contributed by atoms with Crippen LogP contribution in [0.2, 0.25) is 0 Å². The Morgan fingerprint density at radius 3 is 2.60 bits per heavy atom. The number of hydrogen-bond donors (Lipinski definition) is 2. The van der Waals surface area contributed by atoms with Crippen molar-refractivity contribution in [2.24, 2.45) is 0 Å². The number of hydrogen-bond acceptors (Lipinski definition) is 2. The second-order valence-electron chi connectivity index (χ2n) is 4.81. The third-order valence-corrected chi connectivity index (χ3v) is 3.30. The van der Waals surface area contributed by atoms with Gasteiger partial charge in [0.25, 0.3) is 0 Å². The van der Waals surface area contributed by atoms with E-state index in [1.54, 1.807) is 6.08 Å². The second kappa shape index (κ2) is 8.38. The van der Waals surface area contributed by atoms with E-state index in [1.807, 2.05) is 6.07 Å². The summed E-state index contributed by atoms with van der Waals surface area (Å²) in [6.07, 6.45) is 2.46. The van der Waals surface area contributed by atoms with E-state index in [-0.39, 0.29) is 12.6 Å². The monoisotopic (exact) mass is 276 g/mol. The predicted molar refractivity (Wildman–Crippen MR) is 81.9 cm³/mol. The average Bonchev–Trinajstić information content (AvgIpc) is 2.41. The summed E-state index contributed by atoms with van der Waals surface area (Å²) in [5, 5.41) is 11.8. The molecule has 0 bridgehead atoms. The lowest BCUT2D eigenvalue weighted by Crippen LogP contribution is -2.42. The molecule has 0 aliphatic carbocycles. The Balaban J connectivity index is 2.50. The highest BCUT2D eigenvalue weighted by Crippen LogP contribution is 2.13. The maximum atomic E-state index is 11.9. The molecule has 0 unspecified atom stereocenters. The largest absolute Gasteiger partial charge is 0.395 e. The number of aliphatic hydroxyl groups excluding tert-OH is 1. The van der Waals surface area contributed by atoms with Gasteiger partial charge in [-0.3, -0.25) is 0 Å². The molecule has 0 saturated carbocycles. The fraction of sp³-hybridized carbons (Fsp3) is 0.438. The standard InChI is InChI=1S/C16H24N2O2/c1-4-10-18(11-12-19)16(20)17-9-8-15-13(2)6-5-7-14(15)3/h4-7,19H,1,8-12H2,2-3H3,(H,17,20). The summed E-state index contributed by atoms with van der Waals surface area (Å²) in [6.45, 7) is 9.08. The van der Waals surface area contributed by atoms with E-state index in [1.165, 1.54) is 21.6 Å². The van der Waals surface area contributed by atoms with Crippen LogP contribution in [0.15, 0.2) is 30.9 Å². The minimum atomic E-state index is -0.162. The van der Waals surface area contributed by atoms with Crippen LogP contribution < -0.4 is 5.32 Å². The maximum absolute atomic E-state index is 11.9. The molecule has 2 N–H and O–H groups in total. The van der Waals surface area contributed by atoms with Gasteiger partial charge in [0.1, 0.15) is 0 Å². The molecule has 0 heterocycles. The van der Waals surface area contributed by atoms with Gasteiger partial charge in [0.2, 0.25) is 0 Å². The van der Waals surface area contributed by atoms with Crippen molar-refractivity contribution in [1.82, 2.24) is 10.2 Å². The number of benzene rings is 1. The van der Waals surface area contributed by atoms with E-state index < -0.39 is 0 Å². The van der Waals surface area contributed by atoms with Gasteiger partial charge in [0.15, 0.2) is 0 Å². The summed E-state index contributed by atoms with van der Waals surface area (Å²) in [5.41, 5.74) is 3.78. The molecule has 4 heteroatoms. The van der Waals surface area contributed by atoms with Gasteiger partial charge in [-0.2, -0.15) is 0 Å². The van der Waals surface area contributed by atoms with Crippen LogP contribution in [0.4, 0.5) is 4.79 Å². The Morgan fingerprint density at radius 1 is 1.40 bits per heavy atom. The number of nitrogens with one attached hydrogen (secondary N) is 1. The van der Waals surface area contributed by atoms with E-state index in [2.05, 4.69) is 37.9 Å². The van der Waals surface area contributed by atoms with Crippen molar-refractivity contribution >= 4 is 6.03 Å². The summed E-state index contributed by atoms with van der Waals surface area (Å²) >= 11 is 0. The van der Waals surface area contributed by atoms with Gasteiger partial charge in [-0.1, -0.05) is 24.3 Å². The zero-order valence-electron chi connectivity index (χ0n) is 12.4. The van der Waals surface area contributed by atoms with Crippen molar-refractivity contribution in [1.29, 1.82) is 0 Å². The molecule has 0 fully saturated rings. The SMILES string of the molecule is C=CCN(CCO)C(=O)NCCc1c(C)cccc1C. The number of nitrogens with zero attached hydrogens (tertiary/aromatic N) is 1. The smallest absolute Gasteiger partial charge is 0.317 e. The lowest BCUT2D eigenvalue weighted by Gasteiger charge is -2.20. The normalized spacial score (nSPS) is 10.2. The molecule has 0 radical (unpaired) electrons. The first-order valence-corrected chi connectivity index (χ1v) is 6.89. The van der Waals surface area contributed by atoms with Crippen LogP contribution in [0, 0.1) is 13.8 Å². The highest BCUT2D eigenvalue weighted by atomic mass is 16.3. The summed E-state index contributed by atoms with van der Waals surface area (Å²) in [5.74, 6) is 0. The number of carbonyl (C=O) groups is 1. The molecule has 1 aromatic rings. The van der Waals surface area contributed by atoms with Crippen LogP contribution in [0.1, 0.15) is 16.7 Å². The van der Waals surface area contributed by atoms with Crippen LogP contribution in [-0.2, 0) is 6.42 Å². The zero-order valence-corrected chi connectivity index (χ0v) is 12.4. The van der Waals surface area contributed by atoms with Crippen molar-refractivity contribution < 1.29 is 9.90 Å². The molecule has 1 aromatic carbocycles. The Morgan fingerprint density at radius 2 is 2.05 bits per heavy atom. The van der Waals surface area contributed by atoms with Crippen molar-refractivity contribution in [2.45, 2.75) is 20.3 Å². The van der Waals surface area contributed by atoms with E-state index >= 15 is 0 Å². The first-order chi connectivity index (χ1) is 9.60. The molecule has 1 rings (SSSR count). The highest BCUT2D eigenvalue weighted by molar-refractivity contribution is 5.74. The van der Waals surface area contributed by atoms with Crippen LogP contribution in [0.5, 0.6) is 0 Å². The topological polar surface area (TPSA) is 52.6 Å². The van der Waals surface area contributed by atoms with Crippen molar-refractivity contribution in [3.05, 3.63) is 47.5 Å². The molecule has 4 nitrogen and oxygen atoms in total. The molecule has 0 aliphatic heterocycles. The Labute approximate surface area is 121 Å². The molecular weight excluding hydrogens is 252 g/mol. The van der Waals surface area contributed by atoms with Gasteiger partial charge < -0.3 is 15.3 Å². The number of carbonyl (C=O) groups excluding carboxylic acids is 1. The van der Waals surface area contributed by atoms with Crippen LogP contribution in [0.3, 0.4) is 0 Å². The molecule has 0 saturated heterocycles. The lowest BCUT2D eigenvalue weighted by molar-refractivity contribution is 0.184. The molecule has 0 atom stereocenters. The predicted octanol–water partition coefficient (Wildman–Crippen LogP) is 2.04. The van der Waals surface area contributed by atoms with E-state index in [0.29, 0.717) is 19.6 Å². The number of aliphatic hydroxyl groups is 1. The van der Waals surface area contributed by atoms with Gasteiger partial charge in [0.05, 0.1) is 6.61 Å². The molecule has 2 amide bonds. The van der Waals surface area contributed by atoms with Crippen molar-refractivity contribution in [3.63, 3.8) is 0 Å². The average molecular weight is 276 g/mol. The lowest BCUT2D eigenvalue weighted by atomic mass is 10.0. The van der Waals surface area contributed by atoms with Crippen molar-refractivity contribution in [2.75, 3.05) is 26.2 Å². The maximum Gasteiger partial charge on any atom is 0.317 e. The second-order valence-corrected chi connectivity index (χ2v) is 4.81. The number of urea groups is 1. The molecule has 20 heavy (non-hydrogen) atoms. The fourth-order valence-corrected chi connectivity index (χ4v) is 2.20. The van der Waals surface area contributed by atoms with E-state index in [0.717, 1.165) is 6.42 Å². The van der Waals surface area contributed by atoms with Crippen LogP contribution in [0.25, 0.3) is 0 Å². The molecule has 110 valence electrons. The number of aryl methyl sites for hydroxylation is 2. The summed E-state index contributed by atoms with van der Waals surface area (Å²) in [6, 6.07) is 6.05. The number of rotatable bonds is 7. The summed E-state index contributed by atoms with van der Waals surface area (Å²) in [4.78, 5) is 13.5. The first-order valence-electron chi connectivity index (χ1n) is 6.89. The zero-order chi connectivity index (χ0) is 15.0. The molecule has 0 aromatic heterocycles. The van der Waals surface area contributed by atoms with Gasteiger partial charge in [-0.25, -0.2) is 4.79 Å². The minimum absolute atomic E-state index is 0.0435. The Kier molecular flexibility index (Phi) is 6.81. The van der Waals surface area contributed by atoms with Crippen molar-refractivity contribution in [3.8, 4) is 0 Å². The quantitative estimate of drug-likeness (QED) is 0.749.